The summed E-state index contributed by atoms with van der Waals surface area (Å²) in [6.07, 6.45) is 2.25. The molecule has 0 aliphatic heterocycles. The molecule has 0 aromatic heterocycles. The number of sulfone groups is 1. The van der Waals surface area contributed by atoms with E-state index < -0.39 is 35.0 Å². The highest BCUT2D eigenvalue weighted by Gasteiger charge is 2.38. The number of hydrogen-bond donors (Lipinski definition) is 1. The number of ether oxygens (including phenoxy) is 1. The minimum atomic E-state index is -3.32. The molecule has 0 amide bonds. The number of rotatable bonds is 16. The molecule has 0 radical (unpaired) electrons. The monoisotopic (exact) mass is 570 g/mol. The van der Waals surface area contributed by atoms with Crippen molar-refractivity contribution in [2.45, 2.75) is 104 Å². The maximum absolute atomic E-state index is 12.9. The van der Waals surface area contributed by atoms with Crippen LogP contribution in [0.1, 0.15) is 85.3 Å². The lowest BCUT2D eigenvalue weighted by Gasteiger charge is -2.36. The zero-order valence-corrected chi connectivity index (χ0v) is 26.8. The lowest BCUT2D eigenvalue weighted by molar-refractivity contribution is -0.144. The summed E-state index contributed by atoms with van der Waals surface area (Å²) in [6.45, 7) is 18.5. The fourth-order valence-corrected chi connectivity index (χ4v) is 7.23. The van der Waals surface area contributed by atoms with Crippen molar-refractivity contribution in [3.63, 3.8) is 0 Å². The molecule has 0 aliphatic rings. The van der Waals surface area contributed by atoms with Crippen molar-refractivity contribution < 1.29 is 32.3 Å². The number of aliphatic carboxylic acids is 1. The fraction of sp³-hybridized carbons (Fsp3) is 0.724. The van der Waals surface area contributed by atoms with Gasteiger partial charge in [0.2, 0.25) is 0 Å². The molecule has 0 heterocycles. The Morgan fingerprint density at radius 3 is 2.21 bits per heavy atom. The highest BCUT2D eigenvalue weighted by atomic mass is 32.2. The first-order valence-electron chi connectivity index (χ1n) is 13.6. The number of esters is 1. The van der Waals surface area contributed by atoms with Crippen LogP contribution in [0.2, 0.25) is 18.1 Å². The topological polar surface area (TPSA) is 107 Å². The first-order chi connectivity index (χ1) is 17.2. The van der Waals surface area contributed by atoms with E-state index in [2.05, 4.69) is 33.9 Å². The van der Waals surface area contributed by atoms with Crippen molar-refractivity contribution in [2.24, 2.45) is 5.41 Å². The van der Waals surface area contributed by atoms with Gasteiger partial charge in [0.15, 0.2) is 18.2 Å². The maximum atomic E-state index is 12.9. The van der Waals surface area contributed by atoms with Crippen LogP contribution < -0.4 is 0 Å². The third kappa shape index (κ3) is 10.8. The van der Waals surface area contributed by atoms with Crippen LogP contribution in [0.15, 0.2) is 24.3 Å². The zero-order chi connectivity index (χ0) is 29.4. The van der Waals surface area contributed by atoms with Crippen LogP contribution in [0.5, 0.6) is 0 Å². The molecule has 1 rings (SSSR count). The Balaban J connectivity index is 2.79. The minimum absolute atomic E-state index is 0.00558. The summed E-state index contributed by atoms with van der Waals surface area (Å²) in [6, 6.07) is 7.36. The van der Waals surface area contributed by atoms with Crippen molar-refractivity contribution in [2.75, 3.05) is 24.7 Å². The van der Waals surface area contributed by atoms with E-state index in [1.807, 2.05) is 32.0 Å². The summed E-state index contributed by atoms with van der Waals surface area (Å²) in [5.41, 5.74) is -0.0447. The third-order valence-corrected chi connectivity index (χ3v) is 14.3. The number of benzene rings is 1. The van der Waals surface area contributed by atoms with Crippen LogP contribution >= 0.6 is 0 Å². The van der Waals surface area contributed by atoms with Crippen LogP contribution in [0.25, 0.3) is 0 Å². The molecule has 0 unspecified atom stereocenters. The molecule has 38 heavy (non-hydrogen) atoms. The van der Waals surface area contributed by atoms with Crippen LogP contribution in [0, 0.1) is 5.41 Å². The fourth-order valence-electron chi connectivity index (χ4n) is 4.22. The van der Waals surface area contributed by atoms with E-state index in [1.54, 1.807) is 19.9 Å². The lowest BCUT2D eigenvalue weighted by atomic mass is 9.76. The summed E-state index contributed by atoms with van der Waals surface area (Å²) in [4.78, 5) is 24.1. The Bertz CT molecular complexity index is 1040. The second-order valence-corrected chi connectivity index (χ2v) is 19.9. The molecule has 0 spiro atoms. The Labute approximate surface area is 231 Å². The summed E-state index contributed by atoms with van der Waals surface area (Å²) in [7, 11) is -5.33. The van der Waals surface area contributed by atoms with E-state index in [-0.39, 0.29) is 35.5 Å². The number of hydrogen-bond acceptors (Lipinski definition) is 6. The predicted molar refractivity (Wildman–Crippen MR) is 156 cm³/mol. The molecule has 9 heteroatoms. The van der Waals surface area contributed by atoms with E-state index >= 15 is 0 Å². The predicted octanol–water partition coefficient (Wildman–Crippen LogP) is 6.16. The van der Waals surface area contributed by atoms with Gasteiger partial charge in [-0.25, -0.2) is 8.42 Å². The Morgan fingerprint density at radius 2 is 1.66 bits per heavy atom. The lowest BCUT2D eigenvalue weighted by Crippen LogP contribution is -2.42. The molecule has 0 saturated heterocycles. The molecule has 0 bridgehead atoms. The van der Waals surface area contributed by atoms with Crippen molar-refractivity contribution >= 4 is 30.1 Å². The smallest absolute Gasteiger partial charge is 0.313 e. The van der Waals surface area contributed by atoms with Crippen molar-refractivity contribution in [1.29, 1.82) is 0 Å². The average molecular weight is 571 g/mol. The number of carboxylic acids is 1. The average Bonchev–Trinajstić information content (AvgIpc) is 2.75. The minimum Gasteiger partial charge on any atom is -0.481 e. The van der Waals surface area contributed by atoms with Crippen LogP contribution in [0.4, 0.5) is 0 Å². The molecule has 1 aromatic carbocycles. The normalized spacial score (nSPS) is 14.7. The van der Waals surface area contributed by atoms with E-state index in [1.165, 1.54) is 0 Å². The van der Waals surface area contributed by atoms with E-state index in [0.29, 0.717) is 37.9 Å². The van der Waals surface area contributed by atoms with Crippen LogP contribution in [0.3, 0.4) is 0 Å². The number of carboxylic acid groups (broad SMARTS) is 1. The second kappa shape index (κ2) is 13.6. The molecule has 218 valence electrons. The van der Waals surface area contributed by atoms with Crippen molar-refractivity contribution in [3.05, 3.63) is 35.4 Å². The largest absolute Gasteiger partial charge is 0.481 e. The Kier molecular flexibility index (Phi) is 12.3. The number of aryl methyl sites for hydroxylation is 1. The highest BCUT2D eigenvalue weighted by molar-refractivity contribution is 7.91. The number of carbonyl (C=O) groups excluding carboxylic acids is 1. The van der Waals surface area contributed by atoms with E-state index in [4.69, 9.17) is 9.16 Å². The molecular formula is C29H50O7SSi. The van der Waals surface area contributed by atoms with E-state index in [9.17, 15) is 23.1 Å². The SMILES string of the molecule is CCOC(=O)CCc1cccc([C@@](C)(CCCC(C)(C)CS(=O)(=O)CCO[Si](C)(C)C(C)(C)C)C(=O)O)c1. The Morgan fingerprint density at radius 1 is 1.03 bits per heavy atom. The summed E-state index contributed by atoms with van der Waals surface area (Å²) < 4.78 is 36.8. The second-order valence-electron chi connectivity index (χ2n) is 12.9. The molecule has 0 aliphatic carbocycles. The molecule has 1 N–H and O–H groups in total. The third-order valence-electron chi connectivity index (χ3n) is 7.76. The molecular weight excluding hydrogens is 520 g/mol. The quantitative estimate of drug-likeness (QED) is 0.187. The first kappa shape index (κ1) is 34.3. The van der Waals surface area contributed by atoms with Gasteiger partial charge in [0.25, 0.3) is 0 Å². The maximum Gasteiger partial charge on any atom is 0.313 e. The van der Waals surface area contributed by atoms with Gasteiger partial charge >= 0.3 is 11.9 Å². The van der Waals surface area contributed by atoms with Gasteiger partial charge in [-0.05, 0) is 67.8 Å². The molecule has 7 nitrogen and oxygen atoms in total. The highest BCUT2D eigenvalue weighted by Crippen LogP contribution is 2.37. The van der Waals surface area contributed by atoms with E-state index in [0.717, 1.165) is 5.56 Å². The summed E-state index contributed by atoms with van der Waals surface area (Å²) in [5, 5.41) is 10.1. The Hall–Kier alpha value is -1.71. The standard InChI is InChI=1S/C29H50O7SSi/c1-10-35-25(30)16-15-23-13-11-14-24(21-23)29(7,26(31)32)18-12-17-28(5,6)22-37(33,34)20-19-36-38(8,9)27(2,3)4/h11,13-14,21H,10,12,15-20,22H2,1-9H3,(H,31,32)/t29-/m1/s1. The van der Waals surface area contributed by atoms with Crippen LogP contribution in [-0.2, 0) is 40.4 Å². The van der Waals surface area contributed by atoms with Gasteiger partial charge in [0.05, 0.1) is 23.5 Å². The van der Waals surface area contributed by atoms with Gasteiger partial charge in [0, 0.05) is 13.0 Å². The molecule has 1 aromatic rings. The van der Waals surface area contributed by atoms with Crippen LogP contribution in [-0.4, -0.2) is 58.5 Å². The number of carbonyl (C=O) groups is 2. The van der Waals surface area contributed by atoms with Gasteiger partial charge in [-0.1, -0.05) is 65.3 Å². The summed E-state index contributed by atoms with van der Waals surface area (Å²) in [5.74, 6) is -1.17. The van der Waals surface area contributed by atoms with Crippen molar-refractivity contribution in [3.8, 4) is 0 Å². The van der Waals surface area contributed by atoms with Gasteiger partial charge in [-0.15, -0.1) is 0 Å². The zero-order valence-electron chi connectivity index (χ0n) is 25.0. The summed E-state index contributed by atoms with van der Waals surface area (Å²) >= 11 is 0. The molecule has 0 saturated carbocycles. The van der Waals surface area contributed by atoms with Gasteiger partial charge in [-0.2, -0.15) is 0 Å². The molecule has 0 fully saturated rings. The first-order valence-corrected chi connectivity index (χ1v) is 18.3. The van der Waals surface area contributed by atoms with Crippen molar-refractivity contribution in [1.82, 2.24) is 0 Å². The van der Waals surface area contributed by atoms with Gasteiger partial charge in [0.1, 0.15) is 0 Å². The van der Waals surface area contributed by atoms with Gasteiger partial charge < -0.3 is 14.3 Å². The van der Waals surface area contributed by atoms with Gasteiger partial charge in [-0.3, -0.25) is 9.59 Å². The molecule has 1 atom stereocenters.